The van der Waals surface area contributed by atoms with Crippen molar-refractivity contribution in [2.75, 3.05) is 0 Å². The number of aryl methyl sites for hydroxylation is 4. The zero-order valence-electron chi connectivity index (χ0n) is 11.3. The molecule has 2 N–H and O–H groups in total. The molecule has 1 aliphatic rings. The first-order valence-electron chi connectivity index (χ1n) is 6.67. The van der Waals surface area contributed by atoms with Crippen LogP contribution in [0.5, 0.6) is 11.5 Å². The van der Waals surface area contributed by atoms with Gasteiger partial charge in [0.05, 0.1) is 0 Å². The van der Waals surface area contributed by atoms with Crippen LogP contribution < -0.4 is 0 Å². The summed E-state index contributed by atoms with van der Waals surface area (Å²) < 4.78 is 0. The molecule has 2 aromatic rings. The van der Waals surface area contributed by atoms with E-state index in [-0.39, 0.29) is 0 Å². The van der Waals surface area contributed by atoms with Gasteiger partial charge in [-0.1, -0.05) is 24.3 Å². The Labute approximate surface area is 113 Å². The van der Waals surface area contributed by atoms with Crippen LogP contribution >= 0.6 is 0 Å². The third kappa shape index (κ3) is 2.07. The van der Waals surface area contributed by atoms with Crippen molar-refractivity contribution in [2.24, 2.45) is 0 Å². The van der Waals surface area contributed by atoms with Gasteiger partial charge in [0.1, 0.15) is 11.5 Å². The second-order valence-electron chi connectivity index (χ2n) is 5.52. The summed E-state index contributed by atoms with van der Waals surface area (Å²) >= 11 is 0. The maximum Gasteiger partial charge on any atom is 0.121 e. The lowest BCUT2D eigenvalue weighted by molar-refractivity contribution is 0.458. The summed E-state index contributed by atoms with van der Waals surface area (Å²) in [4.78, 5) is 0. The Balaban J connectivity index is 2.17. The summed E-state index contributed by atoms with van der Waals surface area (Å²) in [6.07, 6.45) is 2.37. The lowest BCUT2D eigenvalue weighted by Gasteiger charge is -2.09. The van der Waals surface area contributed by atoms with Crippen molar-refractivity contribution < 1.29 is 10.2 Å². The molecule has 3 rings (SSSR count). The summed E-state index contributed by atoms with van der Waals surface area (Å²) in [5, 5.41) is 20.2. The van der Waals surface area contributed by atoms with Crippen molar-refractivity contribution in [1.82, 2.24) is 0 Å². The molecule has 0 unspecified atom stereocenters. The van der Waals surface area contributed by atoms with E-state index in [0.29, 0.717) is 11.5 Å². The molecular weight excluding hydrogens is 236 g/mol. The van der Waals surface area contributed by atoms with Crippen molar-refractivity contribution in [3.05, 3.63) is 57.6 Å². The van der Waals surface area contributed by atoms with Crippen LogP contribution in [-0.4, -0.2) is 10.2 Å². The van der Waals surface area contributed by atoms with E-state index < -0.39 is 0 Å². The van der Waals surface area contributed by atoms with Gasteiger partial charge in [-0.25, -0.2) is 0 Å². The fraction of sp³-hybridized carbons (Fsp3) is 0.294. The Bertz CT molecular complexity index is 599. The van der Waals surface area contributed by atoms with Crippen molar-refractivity contribution in [2.45, 2.75) is 33.1 Å². The number of phenolic OH excluding ortho intramolecular Hbond substituents is 2. The molecule has 2 heteroatoms. The smallest absolute Gasteiger partial charge is 0.121 e. The monoisotopic (exact) mass is 254 g/mol. The number of benzene rings is 2. The van der Waals surface area contributed by atoms with Crippen molar-refractivity contribution in [3.8, 4) is 11.5 Å². The molecule has 2 aromatic carbocycles. The average Bonchev–Trinajstić information content (AvgIpc) is 2.42. The van der Waals surface area contributed by atoms with Crippen LogP contribution in [0.1, 0.15) is 33.4 Å². The molecule has 0 radical (unpaired) electrons. The van der Waals surface area contributed by atoms with Gasteiger partial charge in [-0.15, -0.1) is 0 Å². The van der Waals surface area contributed by atoms with E-state index in [9.17, 15) is 10.2 Å². The summed E-state index contributed by atoms with van der Waals surface area (Å²) in [7, 11) is 0. The Kier molecular flexibility index (Phi) is 2.74. The zero-order chi connectivity index (χ0) is 13.6. The normalized spacial score (nSPS) is 13.6. The van der Waals surface area contributed by atoms with Crippen molar-refractivity contribution in [3.63, 3.8) is 0 Å². The Hall–Kier alpha value is -1.96. The SMILES string of the molecule is Cc1cc2cc(c1O)CCc1cc(cc(C)c1O)C2. The fourth-order valence-electron chi connectivity index (χ4n) is 2.96. The molecule has 0 saturated heterocycles. The van der Waals surface area contributed by atoms with E-state index >= 15 is 0 Å². The van der Waals surface area contributed by atoms with E-state index in [1.165, 1.54) is 11.1 Å². The molecule has 0 spiro atoms. The van der Waals surface area contributed by atoms with Crippen LogP contribution in [0.15, 0.2) is 24.3 Å². The van der Waals surface area contributed by atoms with E-state index in [1.54, 1.807) is 0 Å². The van der Waals surface area contributed by atoms with Gasteiger partial charge in [-0.2, -0.15) is 0 Å². The molecule has 98 valence electrons. The van der Waals surface area contributed by atoms with E-state index in [2.05, 4.69) is 12.1 Å². The van der Waals surface area contributed by atoms with E-state index in [0.717, 1.165) is 41.5 Å². The predicted molar refractivity (Wildman–Crippen MR) is 75.9 cm³/mol. The van der Waals surface area contributed by atoms with Gasteiger partial charge in [-0.05, 0) is 66.5 Å². The number of rotatable bonds is 0. The van der Waals surface area contributed by atoms with Gasteiger partial charge in [0.2, 0.25) is 0 Å². The van der Waals surface area contributed by atoms with Crippen LogP contribution in [0, 0.1) is 13.8 Å². The van der Waals surface area contributed by atoms with Crippen molar-refractivity contribution >= 4 is 0 Å². The van der Waals surface area contributed by atoms with Gasteiger partial charge in [0.15, 0.2) is 0 Å². The van der Waals surface area contributed by atoms with Gasteiger partial charge in [0, 0.05) is 0 Å². The van der Waals surface area contributed by atoms with E-state index in [4.69, 9.17) is 0 Å². The molecule has 0 heterocycles. The van der Waals surface area contributed by atoms with Crippen LogP contribution in [0.2, 0.25) is 0 Å². The predicted octanol–water partition coefficient (Wildman–Crippen LogP) is 3.40. The molecule has 0 aliphatic heterocycles. The molecule has 0 aromatic heterocycles. The Morgan fingerprint density at radius 3 is 1.58 bits per heavy atom. The quantitative estimate of drug-likeness (QED) is 0.756. The van der Waals surface area contributed by atoms with Crippen LogP contribution in [0.4, 0.5) is 0 Å². The third-order valence-electron chi connectivity index (χ3n) is 3.95. The molecule has 4 bridgehead atoms. The van der Waals surface area contributed by atoms with Gasteiger partial charge in [-0.3, -0.25) is 0 Å². The number of phenols is 2. The molecule has 19 heavy (non-hydrogen) atoms. The number of hydrogen-bond donors (Lipinski definition) is 2. The van der Waals surface area contributed by atoms with Gasteiger partial charge >= 0.3 is 0 Å². The molecular formula is C17H18O2. The minimum atomic E-state index is 0.398. The van der Waals surface area contributed by atoms with Crippen LogP contribution in [0.3, 0.4) is 0 Å². The lowest BCUT2D eigenvalue weighted by Crippen LogP contribution is -1.94. The van der Waals surface area contributed by atoms with E-state index in [1.807, 2.05) is 26.0 Å². The zero-order valence-corrected chi connectivity index (χ0v) is 11.3. The van der Waals surface area contributed by atoms with Crippen LogP contribution in [0.25, 0.3) is 0 Å². The minimum Gasteiger partial charge on any atom is -0.507 e. The summed E-state index contributed by atoms with van der Waals surface area (Å²) in [6, 6.07) is 8.27. The molecule has 0 amide bonds. The molecule has 0 atom stereocenters. The first-order chi connectivity index (χ1) is 9.04. The summed E-state index contributed by atoms with van der Waals surface area (Å²) in [5.41, 5.74) is 6.28. The standard InChI is InChI=1S/C17H18O2/c1-10-5-12-7-13-6-11(2)17(19)15(9-13)4-3-14(8-12)16(10)18/h5-6,8-9,18-19H,3-4,7H2,1-2H3. The highest BCUT2D eigenvalue weighted by molar-refractivity contribution is 5.49. The second-order valence-corrected chi connectivity index (χ2v) is 5.52. The maximum atomic E-state index is 10.1. The molecule has 1 aliphatic carbocycles. The van der Waals surface area contributed by atoms with Gasteiger partial charge < -0.3 is 10.2 Å². The largest absolute Gasteiger partial charge is 0.507 e. The first-order valence-corrected chi connectivity index (χ1v) is 6.67. The number of fused-ring (bicyclic) bond motifs is 4. The highest BCUT2D eigenvalue weighted by Gasteiger charge is 2.14. The first kappa shape index (κ1) is 12.1. The summed E-state index contributed by atoms with van der Waals surface area (Å²) in [5.74, 6) is 0.796. The summed E-state index contributed by atoms with van der Waals surface area (Å²) in [6.45, 7) is 3.89. The van der Waals surface area contributed by atoms with Crippen LogP contribution in [-0.2, 0) is 19.3 Å². The second kappa shape index (κ2) is 4.30. The molecule has 0 fully saturated rings. The third-order valence-corrected chi connectivity index (χ3v) is 3.95. The maximum absolute atomic E-state index is 10.1. The number of hydrogen-bond acceptors (Lipinski definition) is 2. The highest BCUT2D eigenvalue weighted by atomic mass is 16.3. The minimum absolute atomic E-state index is 0.398. The Morgan fingerprint density at radius 2 is 1.16 bits per heavy atom. The van der Waals surface area contributed by atoms with Gasteiger partial charge in [0.25, 0.3) is 0 Å². The van der Waals surface area contributed by atoms with Crippen molar-refractivity contribution in [1.29, 1.82) is 0 Å². The number of aromatic hydroxyl groups is 2. The Morgan fingerprint density at radius 1 is 0.737 bits per heavy atom. The molecule has 0 saturated carbocycles. The fourth-order valence-corrected chi connectivity index (χ4v) is 2.96. The topological polar surface area (TPSA) is 40.5 Å². The average molecular weight is 254 g/mol. The highest BCUT2D eigenvalue weighted by Crippen LogP contribution is 2.32. The lowest BCUT2D eigenvalue weighted by atomic mass is 9.99. The molecule has 2 nitrogen and oxygen atoms in total.